The molecule has 1 aliphatic heterocycles. The van der Waals surface area contributed by atoms with Gasteiger partial charge in [0.15, 0.2) is 6.61 Å². The zero-order valence-corrected chi connectivity index (χ0v) is 21.5. The lowest BCUT2D eigenvalue weighted by Gasteiger charge is -2.33. The van der Waals surface area contributed by atoms with E-state index in [-0.39, 0.29) is 31.4 Å². The van der Waals surface area contributed by atoms with Crippen LogP contribution in [0.4, 0.5) is 8.78 Å². The van der Waals surface area contributed by atoms with Crippen LogP contribution in [0.15, 0.2) is 10.6 Å². The number of hydrogen-bond acceptors (Lipinski definition) is 8. The smallest absolute Gasteiger partial charge is 0.273 e. The van der Waals surface area contributed by atoms with Crippen LogP contribution in [0.2, 0.25) is 0 Å². The van der Waals surface area contributed by atoms with Gasteiger partial charge < -0.3 is 24.2 Å². The molecule has 11 heteroatoms. The third-order valence-electron chi connectivity index (χ3n) is 7.42. The Balaban J connectivity index is 0.968. The Bertz CT molecular complexity index is 1000. The van der Waals surface area contributed by atoms with E-state index in [1.54, 1.807) is 13.0 Å². The number of aryl methyl sites for hydroxylation is 1. The van der Waals surface area contributed by atoms with Crippen molar-refractivity contribution >= 4 is 17.2 Å². The predicted molar refractivity (Wildman–Crippen MR) is 130 cm³/mol. The van der Waals surface area contributed by atoms with Crippen molar-refractivity contribution in [2.45, 2.75) is 82.8 Å². The Kier molecular flexibility index (Phi) is 7.76. The molecule has 0 saturated heterocycles. The molecule has 0 aromatic carbocycles. The molecule has 0 atom stereocenters. The van der Waals surface area contributed by atoms with Gasteiger partial charge >= 0.3 is 0 Å². The summed E-state index contributed by atoms with van der Waals surface area (Å²) in [4.78, 5) is 20.5. The molecule has 2 fully saturated rings. The molecule has 2 aliphatic carbocycles. The molecule has 1 amide bonds. The highest BCUT2D eigenvalue weighted by Crippen LogP contribution is 2.41. The Morgan fingerprint density at radius 2 is 2.03 bits per heavy atom. The second kappa shape index (κ2) is 11.0. The van der Waals surface area contributed by atoms with Crippen molar-refractivity contribution in [3.8, 4) is 11.1 Å². The number of thiazole rings is 1. The SMILES string of the molecule is Cc1cc(OCC(=O)N[C@H]2CC[C@H](CCN3CCc4nc(OC5CC(F)(F)C5)sc4CC3)CC2)no1. The highest BCUT2D eigenvalue weighted by molar-refractivity contribution is 7.13. The summed E-state index contributed by atoms with van der Waals surface area (Å²) in [5.74, 6) is -1.02. The summed E-state index contributed by atoms with van der Waals surface area (Å²) >= 11 is 1.53. The number of rotatable bonds is 9. The van der Waals surface area contributed by atoms with E-state index >= 15 is 0 Å². The molecule has 2 saturated carbocycles. The first-order chi connectivity index (χ1) is 17.3. The van der Waals surface area contributed by atoms with Crippen LogP contribution >= 0.6 is 11.3 Å². The molecular formula is C25H34F2N4O4S. The van der Waals surface area contributed by atoms with Crippen molar-refractivity contribution in [2.75, 3.05) is 26.2 Å². The molecule has 0 radical (unpaired) electrons. The van der Waals surface area contributed by atoms with Crippen molar-refractivity contribution in [3.05, 3.63) is 22.4 Å². The van der Waals surface area contributed by atoms with Crippen LogP contribution in [0.5, 0.6) is 11.1 Å². The third kappa shape index (κ3) is 6.73. The average Bonchev–Trinajstić information content (AvgIpc) is 3.37. The van der Waals surface area contributed by atoms with E-state index in [1.165, 1.54) is 22.6 Å². The maximum absolute atomic E-state index is 13.0. The number of nitrogens with one attached hydrogen (secondary N) is 1. The van der Waals surface area contributed by atoms with Gasteiger partial charge in [0.05, 0.1) is 5.69 Å². The molecule has 2 aromatic rings. The standard InChI is InChI=1S/C25H34F2N4O4S/c1-16-12-23(30-35-16)33-15-22(32)28-18-4-2-17(3-5-18)6-9-31-10-7-20-21(8-11-31)36-24(29-20)34-19-13-25(26,27)14-19/h12,17-19H,2-11,13-15H2,1H3,(H,28,32)/t17-,18-. The van der Waals surface area contributed by atoms with E-state index < -0.39 is 12.0 Å². The van der Waals surface area contributed by atoms with E-state index in [4.69, 9.17) is 14.0 Å². The van der Waals surface area contributed by atoms with E-state index in [0.29, 0.717) is 22.8 Å². The minimum Gasteiger partial charge on any atom is -0.466 e. The van der Waals surface area contributed by atoms with Gasteiger partial charge in [0.25, 0.3) is 22.9 Å². The fourth-order valence-electron chi connectivity index (χ4n) is 5.27. The van der Waals surface area contributed by atoms with E-state index in [1.807, 2.05) is 0 Å². The van der Waals surface area contributed by atoms with Crippen molar-refractivity contribution in [2.24, 2.45) is 5.92 Å². The van der Waals surface area contributed by atoms with Gasteiger partial charge in [-0.25, -0.2) is 13.8 Å². The summed E-state index contributed by atoms with van der Waals surface area (Å²) < 4.78 is 42.1. The van der Waals surface area contributed by atoms with E-state index in [9.17, 15) is 13.6 Å². The lowest BCUT2D eigenvalue weighted by atomic mass is 9.84. The highest BCUT2D eigenvalue weighted by Gasteiger charge is 2.47. The molecule has 8 nitrogen and oxygen atoms in total. The van der Waals surface area contributed by atoms with Gasteiger partial charge in [-0.15, -0.1) is 0 Å². The largest absolute Gasteiger partial charge is 0.466 e. The van der Waals surface area contributed by atoms with Crippen LogP contribution in [0.3, 0.4) is 0 Å². The summed E-state index contributed by atoms with van der Waals surface area (Å²) in [5.41, 5.74) is 1.07. The fourth-order valence-corrected chi connectivity index (χ4v) is 6.28. The number of alkyl halides is 2. The first-order valence-corrected chi connectivity index (χ1v) is 13.7. The Labute approximate surface area is 213 Å². The maximum atomic E-state index is 13.0. The number of amides is 1. The summed E-state index contributed by atoms with van der Waals surface area (Å²) in [5, 5.41) is 7.36. The number of halogens is 2. The molecule has 0 bridgehead atoms. The zero-order valence-electron chi connectivity index (χ0n) is 20.6. The van der Waals surface area contributed by atoms with Crippen LogP contribution in [-0.4, -0.2) is 65.3 Å². The van der Waals surface area contributed by atoms with Crippen molar-refractivity contribution in [3.63, 3.8) is 0 Å². The number of carbonyl (C=O) groups is 1. The van der Waals surface area contributed by atoms with Gasteiger partial charge in [0.1, 0.15) is 11.9 Å². The summed E-state index contributed by atoms with van der Waals surface area (Å²) in [6.45, 7) is 4.76. The molecule has 0 spiro atoms. The van der Waals surface area contributed by atoms with E-state index in [2.05, 4.69) is 20.4 Å². The van der Waals surface area contributed by atoms with Crippen molar-refractivity contribution in [1.29, 1.82) is 0 Å². The molecule has 0 unspecified atom stereocenters. The predicted octanol–water partition coefficient (Wildman–Crippen LogP) is 4.16. The van der Waals surface area contributed by atoms with Gasteiger partial charge in [-0.3, -0.25) is 4.79 Å². The molecule has 3 aliphatic rings. The lowest BCUT2D eigenvalue weighted by molar-refractivity contribution is -0.134. The first kappa shape index (κ1) is 25.4. The Morgan fingerprint density at radius 3 is 2.75 bits per heavy atom. The van der Waals surface area contributed by atoms with Gasteiger partial charge in [-0.2, -0.15) is 0 Å². The molecule has 36 heavy (non-hydrogen) atoms. The van der Waals surface area contributed by atoms with Crippen LogP contribution in [0, 0.1) is 12.8 Å². The first-order valence-electron chi connectivity index (χ1n) is 12.9. The summed E-state index contributed by atoms with van der Waals surface area (Å²) in [7, 11) is 0. The van der Waals surface area contributed by atoms with Crippen LogP contribution in [0.1, 0.15) is 61.3 Å². The topological polar surface area (TPSA) is 89.7 Å². The second-order valence-electron chi connectivity index (χ2n) is 10.3. The minimum atomic E-state index is -2.57. The quantitative estimate of drug-likeness (QED) is 0.527. The summed E-state index contributed by atoms with van der Waals surface area (Å²) in [6, 6.07) is 1.87. The van der Waals surface area contributed by atoms with Crippen LogP contribution in [-0.2, 0) is 17.6 Å². The number of hydrogen-bond donors (Lipinski definition) is 1. The molecule has 5 rings (SSSR count). The van der Waals surface area contributed by atoms with Gasteiger partial charge in [0, 0.05) is 49.3 Å². The average molecular weight is 525 g/mol. The maximum Gasteiger partial charge on any atom is 0.273 e. The zero-order chi connectivity index (χ0) is 25.1. The Morgan fingerprint density at radius 1 is 1.25 bits per heavy atom. The Hall–Kier alpha value is -2.27. The minimum absolute atomic E-state index is 0.0503. The van der Waals surface area contributed by atoms with E-state index in [0.717, 1.165) is 63.9 Å². The number of ether oxygens (including phenoxy) is 2. The number of nitrogens with zero attached hydrogens (tertiary/aromatic N) is 3. The van der Waals surface area contributed by atoms with Crippen molar-refractivity contribution < 1.29 is 27.6 Å². The number of carbonyl (C=O) groups excluding carboxylic acids is 1. The number of fused-ring (bicyclic) bond motifs is 1. The molecule has 2 aromatic heterocycles. The lowest BCUT2D eigenvalue weighted by Crippen LogP contribution is -2.43. The molecule has 1 N–H and O–H groups in total. The molecule has 198 valence electrons. The molecule has 3 heterocycles. The van der Waals surface area contributed by atoms with Gasteiger partial charge in [-0.05, 0) is 63.1 Å². The fraction of sp³-hybridized carbons (Fsp3) is 0.720. The third-order valence-corrected chi connectivity index (χ3v) is 8.47. The summed E-state index contributed by atoms with van der Waals surface area (Å²) in [6.07, 6.45) is 6.43. The number of aromatic nitrogens is 2. The van der Waals surface area contributed by atoms with Crippen LogP contribution in [0.25, 0.3) is 0 Å². The van der Waals surface area contributed by atoms with Gasteiger partial charge in [-0.1, -0.05) is 11.3 Å². The normalized spacial score (nSPS) is 24.4. The monoisotopic (exact) mass is 524 g/mol. The second-order valence-corrected chi connectivity index (χ2v) is 11.4. The van der Waals surface area contributed by atoms with Gasteiger partial charge in [0.2, 0.25) is 0 Å². The highest BCUT2D eigenvalue weighted by atomic mass is 32.1. The van der Waals surface area contributed by atoms with Crippen LogP contribution < -0.4 is 14.8 Å². The molecular weight excluding hydrogens is 490 g/mol. The van der Waals surface area contributed by atoms with Crippen molar-refractivity contribution in [1.82, 2.24) is 20.4 Å².